The van der Waals surface area contributed by atoms with E-state index in [1.165, 1.54) is 25.3 Å². The van der Waals surface area contributed by atoms with E-state index < -0.39 is 38.7 Å². The number of nitrogens with zero attached hydrogens (tertiary/aromatic N) is 2. The fraction of sp³-hybridized carbons (Fsp3) is 0.150. The minimum absolute atomic E-state index is 0.0232. The molecule has 12 nitrogen and oxygen atoms in total. The van der Waals surface area contributed by atoms with Crippen molar-refractivity contribution in [3.05, 3.63) is 61.5 Å². The van der Waals surface area contributed by atoms with Crippen LogP contribution in [0.2, 0.25) is 0 Å². The van der Waals surface area contributed by atoms with Gasteiger partial charge in [0.05, 0.1) is 28.5 Å². The molecule has 2 amide bonds. The smallest absolute Gasteiger partial charge is 0.339 e. The maximum absolute atomic E-state index is 12.7. The number of thioether (sulfide) groups is 1. The number of carbonyl (C=O) groups is 3. The van der Waals surface area contributed by atoms with Crippen LogP contribution in [0.15, 0.2) is 50.7 Å². The van der Waals surface area contributed by atoms with Crippen LogP contribution >= 0.6 is 27.7 Å². The van der Waals surface area contributed by atoms with Crippen molar-refractivity contribution < 1.29 is 41.4 Å². The molecule has 2 aromatic carbocycles. The van der Waals surface area contributed by atoms with Crippen LogP contribution in [0.5, 0.6) is 11.5 Å². The summed E-state index contributed by atoms with van der Waals surface area (Å²) >= 11 is 3.83. The number of halogens is 1. The van der Waals surface area contributed by atoms with Crippen LogP contribution in [0.25, 0.3) is 6.08 Å². The van der Waals surface area contributed by atoms with Crippen molar-refractivity contribution in [2.24, 2.45) is 0 Å². The predicted molar refractivity (Wildman–Crippen MR) is 126 cm³/mol. The van der Waals surface area contributed by atoms with Gasteiger partial charge in [0.25, 0.3) is 16.8 Å². The van der Waals surface area contributed by atoms with Crippen LogP contribution < -0.4 is 8.92 Å². The Bertz CT molecular complexity index is 1360. The molecule has 0 aromatic heterocycles. The molecule has 2 aromatic rings. The molecule has 1 aliphatic heterocycles. The molecule has 0 spiro atoms. The predicted octanol–water partition coefficient (Wildman–Crippen LogP) is 3.34. The molecular formula is C20H15BrN2O10S2. The SMILES string of the molecule is COC(=O)CN1C(=O)S/C(=C\c2cc(Br)c(OS(=O)(=O)c3ccc([N+](=O)[O-])cc3)c(OC)c2)C1=O. The lowest BCUT2D eigenvalue weighted by atomic mass is 10.2. The van der Waals surface area contributed by atoms with Gasteiger partial charge in [-0.3, -0.25) is 29.4 Å². The van der Waals surface area contributed by atoms with Crippen molar-refractivity contribution >= 4 is 66.7 Å². The third-order valence-corrected chi connectivity index (χ3v) is 7.20. The number of hydrogen-bond acceptors (Lipinski definition) is 11. The number of methoxy groups -OCH3 is 2. The minimum Gasteiger partial charge on any atom is -0.493 e. The number of ether oxygens (including phenoxy) is 2. The molecule has 35 heavy (non-hydrogen) atoms. The summed E-state index contributed by atoms with van der Waals surface area (Å²) in [5.41, 5.74) is 0.0699. The molecule has 15 heteroatoms. The van der Waals surface area contributed by atoms with Crippen LogP contribution in [0.3, 0.4) is 0 Å². The third kappa shape index (κ3) is 5.80. The van der Waals surface area contributed by atoms with E-state index in [9.17, 15) is 32.9 Å². The van der Waals surface area contributed by atoms with Crippen LogP contribution in [0.1, 0.15) is 5.56 Å². The van der Waals surface area contributed by atoms with Gasteiger partial charge in [-0.25, -0.2) is 0 Å². The summed E-state index contributed by atoms with van der Waals surface area (Å²) in [7, 11) is -1.99. The summed E-state index contributed by atoms with van der Waals surface area (Å²) in [6.07, 6.45) is 1.37. The number of non-ortho nitro benzene ring substituents is 1. The monoisotopic (exact) mass is 586 g/mol. The van der Waals surface area contributed by atoms with Gasteiger partial charge in [0.1, 0.15) is 11.4 Å². The second-order valence-electron chi connectivity index (χ2n) is 6.67. The van der Waals surface area contributed by atoms with Gasteiger partial charge in [-0.1, -0.05) is 0 Å². The van der Waals surface area contributed by atoms with Crippen molar-refractivity contribution in [3.63, 3.8) is 0 Å². The Kier molecular flexibility index (Phi) is 7.82. The van der Waals surface area contributed by atoms with Crippen molar-refractivity contribution in [2.45, 2.75) is 4.90 Å². The Hall–Kier alpha value is -3.43. The number of rotatable bonds is 8. The van der Waals surface area contributed by atoms with Gasteiger partial charge in [-0.15, -0.1) is 0 Å². The Morgan fingerprint density at radius 1 is 1.20 bits per heavy atom. The van der Waals surface area contributed by atoms with E-state index in [0.717, 1.165) is 36.3 Å². The first-order valence-electron chi connectivity index (χ1n) is 9.35. The fourth-order valence-corrected chi connectivity index (χ4v) is 5.22. The molecular weight excluding hydrogens is 572 g/mol. The van der Waals surface area contributed by atoms with E-state index >= 15 is 0 Å². The highest BCUT2D eigenvalue weighted by Gasteiger charge is 2.36. The van der Waals surface area contributed by atoms with Gasteiger partial charge in [0, 0.05) is 12.1 Å². The third-order valence-electron chi connectivity index (χ3n) is 4.47. The average molecular weight is 587 g/mol. The van der Waals surface area contributed by atoms with Crippen LogP contribution in [-0.4, -0.2) is 56.1 Å². The van der Waals surface area contributed by atoms with Crippen LogP contribution in [0.4, 0.5) is 10.5 Å². The zero-order valence-electron chi connectivity index (χ0n) is 17.9. The van der Waals surface area contributed by atoms with Crippen LogP contribution in [-0.2, 0) is 24.4 Å². The van der Waals surface area contributed by atoms with Gasteiger partial charge in [-0.05, 0) is 63.6 Å². The molecule has 1 fully saturated rings. The number of hydrogen-bond donors (Lipinski definition) is 0. The van der Waals surface area contributed by atoms with Crippen molar-refractivity contribution in [2.75, 3.05) is 20.8 Å². The number of nitro groups is 1. The molecule has 184 valence electrons. The fourth-order valence-electron chi connectivity index (χ4n) is 2.78. The first-order valence-corrected chi connectivity index (χ1v) is 12.4. The summed E-state index contributed by atoms with van der Waals surface area (Å²) in [4.78, 5) is 46.6. The first kappa shape index (κ1) is 26.2. The maximum Gasteiger partial charge on any atom is 0.339 e. The standard InChI is InChI=1S/C20H15BrN2O10S2/c1-31-15-8-11(9-16-19(25)22(20(26)34-16)10-17(24)32-2)7-14(21)18(15)33-35(29,30)13-5-3-12(4-6-13)23(27)28/h3-9H,10H2,1-2H3/b16-9-. The van der Waals surface area contributed by atoms with Gasteiger partial charge in [0.2, 0.25) is 0 Å². The second-order valence-corrected chi connectivity index (χ2v) is 10.1. The number of imide groups is 1. The highest BCUT2D eigenvalue weighted by atomic mass is 79.9. The van der Waals surface area contributed by atoms with E-state index in [-0.39, 0.29) is 31.5 Å². The lowest BCUT2D eigenvalue weighted by molar-refractivity contribution is -0.384. The number of carbonyl (C=O) groups excluding carboxylic acids is 3. The molecule has 0 unspecified atom stereocenters. The van der Waals surface area contributed by atoms with E-state index in [1.54, 1.807) is 0 Å². The minimum atomic E-state index is -4.38. The highest BCUT2D eigenvalue weighted by molar-refractivity contribution is 9.10. The molecule has 1 saturated heterocycles. The molecule has 0 bridgehead atoms. The molecule has 3 rings (SSSR count). The first-order chi connectivity index (χ1) is 16.5. The number of nitro benzene ring substituents is 1. The van der Waals surface area contributed by atoms with Crippen molar-refractivity contribution in [1.82, 2.24) is 4.90 Å². The van der Waals surface area contributed by atoms with Gasteiger partial charge < -0.3 is 13.7 Å². The maximum atomic E-state index is 12.7. The molecule has 1 heterocycles. The number of esters is 1. The Morgan fingerprint density at radius 3 is 2.43 bits per heavy atom. The van der Waals surface area contributed by atoms with Gasteiger partial charge in [0.15, 0.2) is 11.5 Å². The summed E-state index contributed by atoms with van der Waals surface area (Å²) in [6, 6.07) is 6.92. The van der Waals surface area contributed by atoms with E-state index in [1.807, 2.05) is 0 Å². The molecule has 0 N–H and O–H groups in total. The Morgan fingerprint density at radius 2 is 1.86 bits per heavy atom. The molecule has 0 aliphatic carbocycles. The van der Waals surface area contributed by atoms with Gasteiger partial charge in [-0.2, -0.15) is 8.42 Å². The Balaban J connectivity index is 1.90. The van der Waals surface area contributed by atoms with Crippen molar-refractivity contribution in [3.8, 4) is 11.5 Å². The summed E-state index contributed by atoms with van der Waals surface area (Å²) in [6.45, 7) is -0.529. The van der Waals surface area contributed by atoms with E-state index in [0.29, 0.717) is 17.3 Å². The lowest BCUT2D eigenvalue weighted by Crippen LogP contribution is -2.34. The zero-order valence-corrected chi connectivity index (χ0v) is 21.1. The summed E-state index contributed by atoms with van der Waals surface area (Å²) < 4.78 is 40.4. The summed E-state index contributed by atoms with van der Waals surface area (Å²) in [5.74, 6) is -1.68. The normalized spacial score (nSPS) is 14.8. The Labute approximate surface area is 211 Å². The zero-order chi connectivity index (χ0) is 25.9. The summed E-state index contributed by atoms with van der Waals surface area (Å²) in [5, 5.41) is 10.1. The quantitative estimate of drug-likeness (QED) is 0.147. The van der Waals surface area contributed by atoms with Crippen LogP contribution in [0, 0.1) is 10.1 Å². The van der Waals surface area contributed by atoms with Gasteiger partial charge >= 0.3 is 16.1 Å². The lowest BCUT2D eigenvalue weighted by Gasteiger charge is -2.13. The number of amides is 2. The molecule has 0 radical (unpaired) electrons. The molecule has 1 aliphatic rings. The molecule has 0 atom stereocenters. The average Bonchev–Trinajstić information content (AvgIpc) is 3.07. The van der Waals surface area contributed by atoms with E-state index in [4.69, 9.17) is 8.92 Å². The number of benzene rings is 2. The van der Waals surface area contributed by atoms with E-state index in [2.05, 4.69) is 20.7 Å². The molecule has 0 saturated carbocycles. The topological polar surface area (TPSA) is 159 Å². The second kappa shape index (κ2) is 10.5. The largest absolute Gasteiger partial charge is 0.493 e. The highest BCUT2D eigenvalue weighted by Crippen LogP contribution is 2.40. The van der Waals surface area contributed by atoms with Crippen molar-refractivity contribution in [1.29, 1.82) is 0 Å².